The highest BCUT2D eigenvalue weighted by Crippen LogP contribution is 2.38. The molecule has 1 aliphatic heterocycles. The first-order valence-electron chi connectivity index (χ1n) is 5.93. The molecule has 0 aromatic carbocycles. The first-order valence-corrected chi connectivity index (χ1v) is 6.75. The number of rotatable bonds is 3. The second kappa shape index (κ2) is 4.83. The molecule has 6 heteroatoms. The van der Waals surface area contributed by atoms with Crippen LogP contribution in [0.25, 0.3) is 0 Å². The van der Waals surface area contributed by atoms with Crippen molar-refractivity contribution in [2.24, 2.45) is 0 Å². The molecule has 18 heavy (non-hydrogen) atoms. The van der Waals surface area contributed by atoms with Crippen molar-refractivity contribution in [3.05, 3.63) is 21.9 Å². The van der Waals surface area contributed by atoms with E-state index in [0.717, 1.165) is 11.3 Å². The van der Waals surface area contributed by atoms with Crippen molar-refractivity contribution in [1.29, 1.82) is 0 Å². The van der Waals surface area contributed by atoms with Gasteiger partial charge in [-0.05, 0) is 25.0 Å². The van der Waals surface area contributed by atoms with Crippen LogP contribution in [0.4, 0.5) is 13.2 Å². The van der Waals surface area contributed by atoms with Gasteiger partial charge in [-0.1, -0.05) is 6.92 Å². The fraction of sp³-hybridized carbons (Fsp3) is 0.667. The molecule has 0 aliphatic carbocycles. The zero-order chi connectivity index (χ0) is 13.4. The molecule has 2 heterocycles. The summed E-state index contributed by atoms with van der Waals surface area (Å²) in [4.78, 5) is 3.95. The molecule has 1 saturated heterocycles. The Labute approximate surface area is 108 Å². The van der Waals surface area contributed by atoms with Crippen molar-refractivity contribution in [3.63, 3.8) is 0 Å². The van der Waals surface area contributed by atoms with Crippen LogP contribution in [-0.2, 0) is 13.0 Å². The Balaban J connectivity index is 1.97. The lowest BCUT2D eigenvalue weighted by Gasteiger charge is -2.25. The lowest BCUT2D eigenvalue weighted by molar-refractivity contribution is -0.254. The minimum atomic E-state index is -4.54. The highest BCUT2D eigenvalue weighted by Gasteiger charge is 2.56. The van der Waals surface area contributed by atoms with E-state index < -0.39 is 11.8 Å². The van der Waals surface area contributed by atoms with Crippen LogP contribution in [0.3, 0.4) is 0 Å². The molecule has 2 rings (SSSR count). The second-order valence-electron chi connectivity index (χ2n) is 4.71. The molecule has 2 nitrogen and oxygen atoms in total. The Kier molecular flexibility index (Phi) is 3.71. The van der Waals surface area contributed by atoms with Crippen molar-refractivity contribution in [1.82, 2.24) is 4.90 Å². The number of likely N-dealkylation sites (tertiary alicyclic amines) is 1. The highest BCUT2D eigenvalue weighted by atomic mass is 32.1. The molecule has 0 saturated carbocycles. The summed E-state index contributed by atoms with van der Waals surface area (Å²) in [5.41, 5.74) is -2.53. The molecule has 1 fully saturated rings. The van der Waals surface area contributed by atoms with Crippen LogP contribution >= 0.6 is 11.3 Å². The van der Waals surface area contributed by atoms with Gasteiger partial charge in [0.25, 0.3) is 0 Å². The van der Waals surface area contributed by atoms with Gasteiger partial charge in [0.2, 0.25) is 0 Å². The summed E-state index contributed by atoms with van der Waals surface area (Å²) in [6.07, 6.45) is -3.83. The van der Waals surface area contributed by atoms with Crippen molar-refractivity contribution < 1.29 is 18.3 Å². The number of nitrogens with zero attached hydrogens (tertiary/aromatic N) is 1. The number of β-amino-alcohol motifs (C(OH)–C–C–N with tert-alkyl or cyclic N) is 1. The minimum Gasteiger partial charge on any atom is -0.379 e. The average molecular weight is 279 g/mol. The SMILES string of the molecule is CCc1ccc(CN2CCC(O)(C(F)(F)F)C2)s1. The first-order chi connectivity index (χ1) is 8.34. The van der Waals surface area contributed by atoms with Crippen LogP contribution in [0.1, 0.15) is 23.1 Å². The normalized spacial score (nSPS) is 25.8. The van der Waals surface area contributed by atoms with Crippen LogP contribution in [0.5, 0.6) is 0 Å². The number of hydrogen-bond acceptors (Lipinski definition) is 3. The summed E-state index contributed by atoms with van der Waals surface area (Å²) in [6.45, 7) is 2.50. The van der Waals surface area contributed by atoms with Crippen molar-refractivity contribution >= 4 is 11.3 Å². The van der Waals surface area contributed by atoms with E-state index in [-0.39, 0.29) is 19.5 Å². The number of aliphatic hydroxyl groups is 1. The number of aryl methyl sites for hydroxylation is 1. The standard InChI is InChI=1S/C12H16F3NOS/c1-2-9-3-4-10(18-9)7-16-6-5-11(17,8-16)12(13,14)15/h3-4,17H,2,5-8H2,1H3. The molecule has 1 aromatic rings. The van der Waals surface area contributed by atoms with E-state index in [0.29, 0.717) is 6.54 Å². The van der Waals surface area contributed by atoms with Gasteiger partial charge in [0.1, 0.15) is 0 Å². The van der Waals surface area contributed by atoms with E-state index in [2.05, 4.69) is 0 Å². The molecule has 0 radical (unpaired) electrons. The third-order valence-electron chi connectivity index (χ3n) is 3.30. The molecular weight excluding hydrogens is 263 g/mol. The van der Waals surface area contributed by atoms with Crippen LogP contribution in [0.15, 0.2) is 12.1 Å². The molecule has 0 amide bonds. The Morgan fingerprint density at radius 3 is 2.56 bits per heavy atom. The van der Waals surface area contributed by atoms with E-state index >= 15 is 0 Å². The molecule has 102 valence electrons. The maximum atomic E-state index is 12.6. The molecule has 1 aromatic heterocycles. The second-order valence-corrected chi connectivity index (χ2v) is 5.96. The molecule has 0 spiro atoms. The summed E-state index contributed by atoms with van der Waals surface area (Å²) in [5, 5.41) is 9.56. The average Bonchev–Trinajstić information content (AvgIpc) is 2.86. The highest BCUT2D eigenvalue weighted by molar-refractivity contribution is 7.11. The number of hydrogen-bond donors (Lipinski definition) is 1. The van der Waals surface area contributed by atoms with Crippen molar-refractivity contribution in [2.75, 3.05) is 13.1 Å². The fourth-order valence-electron chi connectivity index (χ4n) is 2.16. The van der Waals surface area contributed by atoms with E-state index in [1.165, 1.54) is 4.88 Å². The van der Waals surface area contributed by atoms with Gasteiger partial charge in [-0.25, -0.2) is 0 Å². The topological polar surface area (TPSA) is 23.5 Å². The largest absolute Gasteiger partial charge is 0.418 e. The van der Waals surface area contributed by atoms with Crippen LogP contribution in [-0.4, -0.2) is 34.9 Å². The maximum Gasteiger partial charge on any atom is 0.418 e. The van der Waals surface area contributed by atoms with E-state index in [1.807, 2.05) is 19.1 Å². The van der Waals surface area contributed by atoms with Gasteiger partial charge in [0.15, 0.2) is 5.60 Å². The molecular formula is C12H16F3NOS. The van der Waals surface area contributed by atoms with Gasteiger partial charge >= 0.3 is 6.18 Å². The Bertz CT molecular complexity index is 418. The summed E-state index contributed by atoms with van der Waals surface area (Å²) >= 11 is 1.62. The number of alkyl halides is 3. The lowest BCUT2D eigenvalue weighted by atomic mass is 10.0. The monoisotopic (exact) mass is 279 g/mol. The lowest BCUT2D eigenvalue weighted by Crippen LogP contribution is -2.47. The van der Waals surface area contributed by atoms with Gasteiger partial charge < -0.3 is 5.11 Å². The first kappa shape index (κ1) is 13.8. The predicted molar refractivity (Wildman–Crippen MR) is 64.6 cm³/mol. The van der Waals surface area contributed by atoms with Gasteiger partial charge in [0, 0.05) is 29.4 Å². The van der Waals surface area contributed by atoms with Gasteiger partial charge in [-0.2, -0.15) is 13.2 Å². The summed E-state index contributed by atoms with van der Waals surface area (Å²) in [6, 6.07) is 3.96. The summed E-state index contributed by atoms with van der Waals surface area (Å²) in [5.74, 6) is 0. The smallest absolute Gasteiger partial charge is 0.379 e. The molecule has 1 N–H and O–H groups in total. The summed E-state index contributed by atoms with van der Waals surface area (Å²) < 4.78 is 37.9. The van der Waals surface area contributed by atoms with Gasteiger partial charge in [-0.15, -0.1) is 11.3 Å². The van der Waals surface area contributed by atoms with Gasteiger partial charge in [0.05, 0.1) is 0 Å². The van der Waals surface area contributed by atoms with Crippen molar-refractivity contribution in [2.45, 2.75) is 38.1 Å². The number of halogens is 3. The molecule has 0 bridgehead atoms. The zero-order valence-corrected chi connectivity index (χ0v) is 10.9. The van der Waals surface area contributed by atoms with Crippen LogP contribution in [0.2, 0.25) is 0 Å². The molecule has 1 atom stereocenters. The maximum absolute atomic E-state index is 12.6. The number of thiophene rings is 1. The van der Waals surface area contributed by atoms with E-state index in [9.17, 15) is 18.3 Å². The van der Waals surface area contributed by atoms with Crippen LogP contribution < -0.4 is 0 Å². The predicted octanol–water partition coefficient (Wildman–Crippen LogP) is 2.81. The van der Waals surface area contributed by atoms with E-state index in [1.54, 1.807) is 16.2 Å². The fourth-order valence-corrected chi connectivity index (χ4v) is 3.16. The molecule has 1 aliphatic rings. The summed E-state index contributed by atoms with van der Waals surface area (Å²) in [7, 11) is 0. The van der Waals surface area contributed by atoms with Crippen molar-refractivity contribution in [3.8, 4) is 0 Å². The van der Waals surface area contributed by atoms with E-state index in [4.69, 9.17) is 0 Å². The Morgan fingerprint density at radius 1 is 1.39 bits per heavy atom. The zero-order valence-electron chi connectivity index (χ0n) is 10.1. The molecule has 1 unspecified atom stereocenters. The third kappa shape index (κ3) is 2.70. The Morgan fingerprint density at radius 2 is 2.06 bits per heavy atom. The van der Waals surface area contributed by atoms with Gasteiger partial charge in [-0.3, -0.25) is 4.90 Å². The van der Waals surface area contributed by atoms with Crippen LogP contribution in [0, 0.1) is 0 Å². The third-order valence-corrected chi connectivity index (χ3v) is 4.51. The Hall–Kier alpha value is -0.590. The minimum absolute atomic E-state index is 0.234. The quantitative estimate of drug-likeness (QED) is 0.919.